The van der Waals surface area contributed by atoms with E-state index < -0.39 is 0 Å². The Balaban J connectivity index is 1.67. The third kappa shape index (κ3) is 3.59. The highest BCUT2D eigenvalue weighted by molar-refractivity contribution is 6.29. The summed E-state index contributed by atoms with van der Waals surface area (Å²) in [6, 6.07) is 9.51. The summed E-state index contributed by atoms with van der Waals surface area (Å²) in [7, 11) is 1.48. The highest BCUT2D eigenvalue weighted by Crippen LogP contribution is 2.20. The minimum atomic E-state index is -0.254. The van der Waals surface area contributed by atoms with Crippen LogP contribution in [0.2, 0.25) is 5.15 Å². The lowest BCUT2D eigenvalue weighted by molar-refractivity contribution is 0.0746. The summed E-state index contributed by atoms with van der Waals surface area (Å²) in [5.74, 6) is -0.0387. The minimum Gasteiger partial charge on any atom is -0.481 e. The third-order valence-electron chi connectivity index (χ3n) is 3.99. The summed E-state index contributed by atoms with van der Waals surface area (Å²) in [6.07, 6.45) is 0. The Morgan fingerprint density at radius 2 is 1.83 bits per heavy atom. The molecule has 1 aliphatic rings. The van der Waals surface area contributed by atoms with Crippen molar-refractivity contribution in [3.05, 3.63) is 52.9 Å². The first-order valence-electron chi connectivity index (χ1n) is 7.58. The van der Waals surface area contributed by atoms with Crippen LogP contribution < -0.4 is 9.64 Å². The highest BCUT2D eigenvalue weighted by Gasteiger charge is 2.23. The molecule has 0 N–H and O–H groups in total. The lowest BCUT2D eigenvalue weighted by Gasteiger charge is -2.36. The van der Waals surface area contributed by atoms with Gasteiger partial charge in [0, 0.05) is 43.5 Å². The first kappa shape index (κ1) is 16.5. The summed E-state index contributed by atoms with van der Waals surface area (Å²) >= 11 is 5.93. The Hall–Kier alpha value is -2.34. The largest absolute Gasteiger partial charge is 0.481 e. The maximum atomic E-state index is 13.0. The lowest BCUT2D eigenvalue weighted by Crippen LogP contribution is -2.48. The van der Waals surface area contributed by atoms with Crippen LogP contribution in [0.4, 0.5) is 10.1 Å². The summed E-state index contributed by atoms with van der Waals surface area (Å²) in [5.41, 5.74) is 1.42. The normalized spacial score (nSPS) is 14.6. The number of piperazine rings is 1. The van der Waals surface area contributed by atoms with Gasteiger partial charge in [0.05, 0.1) is 7.11 Å². The number of carbonyl (C=O) groups is 1. The van der Waals surface area contributed by atoms with Gasteiger partial charge in [-0.1, -0.05) is 11.6 Å². The topological polar surface area (TPSA) is 45.7 Å². The number of aromatic nitrogens is 1. The number of anilines is 1. The Labute approximate surface area is 144 Å². The van der Waals surface area contributed by atoms with Gasteiger partial charge in [-0.2, -0.15) is 0 Å². The summed E-state index contributed by atoms with van der Waals surface area (Å²) in [6.45, 7) is 2.54. The molecule has 0 spiro atoms. The van der Waals surface area contributed by atoms with Gasteiger partial charge < -0.3 is 14.5 Å². The van der Waals surface area contributed by atoms with Gasteiger partial charge in [-0.25, -0.2) is 9.37 Å². The van der Waals surface area contributed by atoms with Gasteiger partial charge in [0.15, 0.2) is 0 Å². The molecule has 0 radical (unpaired) electrons. The van der Waals surface area contributed by atoms with Crippen molar-refractivity contribution in [2.45, 2.75) is 0 Å². The first-order chi connectivity index (χ1) is 11.6. The van der Waals surface area contributed by atoms with Crippen molar-refractivity contribution in [3.8, 4) is 5.88 Å². The zero-order valence-electron chi connectivity index (χ0n) is 13.2. The number of nitrogens with zero attached hydrogens (tertiary/aromatic N) is 3. The number of hydrogen-bond donors (Lipinski definition) is 0. The van der Waals surface area contributed by atoms with Crippen LogP contribution in [0.25, 0.3) is 0 Å². The number of ether oxygens (including phenoxy) is 1. The van der Waals surface area contributed by atoms with E-state index in [1.165, 1.54) is 19.2 Å². The molecule has 1 saturated heterocycles. The van der Waals surface area contributed by atoms with Crippen LogP contribution in [0.3, 0.4) is 0 Å². The van der Waals surface area contributed by atoms with Gasteiger partial charge in [-0.3, -0.25) is 4.79 Å². The van der Waals surface area contributed by atoms with Gasteiger partial charge in [-0.15, -0.1) is 0 Å². The van der Waals surface area contributed by atoms with Crippen molar-refractivity contribution >= 4 is 23.2 Å². The maximum Gasteiger partial charge on any atom is 0.254 e. The van der Waals surface area contributed by atoms with E-state index in [-0.39, 0.29) is 16.9 Å². The molecule has 1 amide bonds. The van der Waals surface area contributed by atoms with Crippen LogP contribution in [0, 0.1) is 5.82 Å². The molecule has 0 bridgehead atoms. The van der Waals surface area contributed by atoms with Crippen molar-refractivity contribution in [2.24, 2.45) is 0 Å². The monoisotopic (exact) mass is 349 g/mol. The Morgan fingerprint density at radius 3 is 2.46 bits per heavy atom. The van der Waals surface area contributed by atoms with E-state index in [4.69, 9.17) is 16.3 Å². The quantitative estimate of drug-likeness (QED) is 0.799. The molecule has 24 heavy (non-hydrogen) atoms. The van der Waals surface area contributed by atoms with E-state index in [1.807, 2.05) is 0 Å². The molecule has 1 aromatic heterocycles. The van der Waals surface area contributed by atoms with E-state index >= 15 is 0 Å². The fourth-order valence-corrected chi connectivity index (χ4v) is 2.90. The number of methoxy groups -OCH3 is 1. The van der Waals surface area contributed by atoms with Crippen LogP contribution in [-0.4, -0.2) is 49.1 Å². The zero-order valence-corrected chi connectivity index (χ0v) is 14.0. The number of halogens is 2. The summed E-state index contributed by atoms with van der Waals surface area (Å²) in [5, 5.41) is 0.225. The van der Waals surface area contributed by atoms with E-state index in [2.05, 4.69) is 9.88 Å². The predicted molar refractivity (Wildman–Crippen MR) is 90.3 cm³/mol. The zero-order chi connectivity index (χ0) is 17.1. The molecule has 1 aromatic carbocycles. The van der Waals surface area contributed by atoms with E-state index in [9.17, 15) is 9.18 Å². The molecule has 126 valence electrons. The van der Waals surface area contributed by atoms with Crippen LogP contribution >= 0.6 is 11.6 Å². The fourth-order valence-electron chi connectivity index (χ4n) is 2.70. The van der Waals surface area contributed by atoms with E-state index in [0.29, 0.717) is 37.6 Å². The van der Waals surface area contributed by atoms with Gasteiger partial charge >= 0.3 is 0 Å². The molecule has 1 fully saturated rings. The van der Waals surface area contributed by atoms with Crippen LogP contribution in [0.5, 0.6) is 5.88 Å². The number of benzene rings is 1. The van der Waals surface area contributed by atoms with E-state index in [0.717, 1.165) is 5.69 Å². The molecule has 3 rings (SSSR count). The first-order valence-corrected chi connectivity index (χ1v) is 7.96. The summed E-state index contributed by atoms with van der Waals surface area (Å²) < 4.78 is 18.1. The minimum absolute atomic E-state index is 0.101. The van der Waals surface area contributed by atoms with Crippen molar-refractivity contribution in [3.63, 3.8) is 0 Å². The smallest absolute Gasteiger partial charge is 0.254 e. The lowest BCUT2D eigenvalue weighted by atomic mass is 10.2. The van der Waals surface area contributed by atoms with Gasteiger partial charge in [-0.05, 0) is 30.3 Å². The Bertz CT molecular complexity index is 731. The number of rotatable bonds is 3. The average molecular weight is 350 g/mol. The molecule has 0 atom stereocenters. The molecule has 0 unspecified atom stereocenters. The van der Waals surface area contributed by atoms with Crippen molar-refractivity contribution in [1.29, 1.82) is 0 Å². The van der Waals surface area contributed by atoms with Crippen molar-refractivity contribution < 1.29 is 13.9 Å². The molecule has 0 aliphatic carbocycles. The molecule has 5 nitrogen and oxygen atoms in total. The predicted octanol–water partition coefficient (Wildman–Crippen LogP) is 2.85. The highest BCUT2D eigenvalue weighted by atomic mass is 35.5. The molecule has 0 saturated carbocycles. The molecule has 2 aromatic rings. The number of pyridine rings is 1. The second-order valence-electron chi connectivity index (χ2n) is 5.48. The third-order valence-corrected chi connectivity index (χ3v) is 4.18. The van der Waals surface area contributed by atoms with E-state index in [1.54, 1.807) is 29.2 Å². The molecular weight excluding hydrogens is 333 g/mol. The molecular formula is C17H17ClFN3O2. The van der Waals surface area contributed by atoms with Crippen LogP contribution in [0.1, 0.15) is 10.4 Å². The average Bonchev–Trinajstić information content (AvgIpc) is 2.61. The SMILES string of the molecule is COc1cc(C(=O)N2CCN(c3ccc(F)cc3)CC2)cc(Cl)n1. The van der Waals surface area contributed by atoms with Crippen molar-refractivity contribution in [1.82, 2.24) is 9.88 Å². The van der Waals surface area contributed by atoms with Gasteiger partial charge in [0.1, 0.15) is 11.0 Å². The maximum absolute atomic E-state index is 13.0. The Kier molecular flexibility index (Phi) is 4.85. The van der Waals surface area contributed by atoms with Gasteiger partial charge in [0.2, 0.25) is 5.88 Å². The van der Waals surface area contributed by atoms with Gasteiger partial charge in [0.25, 0.3) is 5.91 Å². The van der Waals surface area contributed by atoms with Crippen LogP contribution in [-0.2, 0) is 0 Å². The standard InChI is InChI=1S/C17H17ClFN3O2/c1-24-16-11-12(10-15(18)20-16)17(23)22-8-6-21(7-9-22)14-4-2-13(19)3-5-14/h2-5,10-11H,6-9H2,1H3. The molecule has 1 aliphatic heterocycles. The number of carbonyl (C=O) groups excluding carboxylic acids is 1. The second-order valence-corrected chi connectivity index (χ2v) is 5.86. The number of hydrogen-bond acceptors (Lipinski definition) is 4. The second kappa shape index (κ2) is 7.05. The Morgan fingerprint density at radius 1 is 1.17 bits per heavy atom. The number of amides is 1. The van der Waals surface area contributed by atoms with Crippen LogP contribution in [0.15, 0.2) is 36.4 Å². The summed E-state index contributed by atoms with van der Waals surface area (Å²) in [4.78, 5) is 20.5. The molecule has 7 heteroatoms. The molecule has 2 heterocycles. The van der Waals surface area contributed by atoms with Crippen molar-refractivity contribution in [2.75, 3.05) is 38.2 Å². The fraction of sp³-hybridized carbons (Fsp3) is 0.294.